The van der Waals surface area contributed by atoms with Gasteiger partial charge in [-0.3, -0.25) is 4.79 Å². The summed E-state index contributed by atoms with van der Waals surface area (Å²) >= 11 is 11.6. The van der Waals surface area contributed by atoms with Gasteiger partial charge in [0.1, 0.15) is 22.2 Å². The number of hydrogen-bond acceptors (Lipinski definition) is 5. The van der Waals surface area contributed by atoms with Gasteiger partial charge in [-0.05, 0) is 43.3 Å². The molecule has 2 heterocycles. The van der Waals surface area contributed by atoms with Crippen LogP contribution in [0, 0.1) is 5.82 Å². The maximum Gasteiger partial charge on any atom is 0.252 e. The molecule has 0 aliphatic heterocycles. The highest BCUT2D eigenvalue weighted by atomic mass is 35.5. The molecule has 9 heteroatoms. The highest BCUT2D eigenvalue weighted by molar-refractivity contribution is 6.33. The molecule has 0 saturated heterocycles. The van der Waals surface area contributed by atoms with E-state index in [4.69, 9.17) is 27.7 Å². The van der Waals surface area contributed by atoms with Crippen LogP contribution >= 0.6 is 23.2 Å². The quantitative estimate of drug-likeness (QED) is 0.689. The zero-order valence-electron chi connectivity index (χ0n) is 12.8. The number of amides is 1. The molecule has 0 radical (unpaired) electrons. The normalized spacial score (nSPS) is 12.0. The first-order valence-electron chi connectivity index (χ1n) is 7.16. The van der Waals surface area contributed by atoms with Crippen LogP contribution in [0.2, 0.25) is 10.3 Å². The van der Waals surface area contributed by atoms with Gasteiger partial charge in [-0.1, -0.05) is 28.4 Å². The van der Waals surface area contributed by atoms with E-state index in [0.717, 1.165) is 0 Å². The van der Waals surface area contributed by atoms with Gasteiger partial charge in [-0.25, -0.2) is 9.37 Å². The van der Waals surface area contributed by atoms with Gasteiger partial charge in [-0.15, -0.1) is 0 Å². The second kappa shape index (κ2) is 7.16. The minimum atomic E-state index is -0.556. The number of pyridine rings is 1. The highest BCUT2D eigenvalue weighted by Gasteiger charge is 2.19. The van der Waals surface area contributed by atoms with Crippen molar-refractivity contribution >= 4 is 29.1 Å². The van der Waals surface area contributed by atoms with Crippen molar-refractivity contribution in [3.8, 4) is 11.4 Å². The lowest BCUT2D eigenvalue weighted by Crippen LogP contribution is -2.27. The standard InChI is InChI=1S/C16H11Cl2FN4O2/c1-8(20-15(24)10-6-12(17)21-13(18)7-10)16-22-14(23-25-16)9-2-4-11(19)5-3-9/h2-8H,1H3,(H,20,24). The number of carbonyl (C=O) groups excluding carboxylic acids is 1. The molecule has 1 amide bonds. The van der Waals surface area contributed by atoms with Crippen LogP contribution in [-0.4, -0.2) is 21.0 Å². The summed E-state index contributed by atoms with van der Waals surface area (Å²) in [4.78, 5) is 20.3. The SMILES string of the molecule is CC(NC(=O)c1cc(Cl)nc(Cl)c1)c1nc(-c2ccc(F)cc2)no1. The van der Waals surface area contributed by atoms with Crippen molar-refractivity contribution in [3.63, 3.8) is 0 Å². The Morgan fingerprint density at radius 2 is 1.80 bits per heavy atom. The van der Waals surface area contributed by atoms with Crippen molar-refractivity contribution < 1.29 is 13.7 Å². The maximum atomic E-state index is 13.0. The molecule has 0 bridgehead atoms. The van der Waals surface area contributed by atoms with E-state index < -0.39 is 11.9 Å². The predicted octanol–water partition coefficient (Wildman–Crippen LogP) is 4.07. The lowest BCUT2D eigenvalue weighted by molar-refractivity contribution is 0.0932. The highest BCUT2D eigenvalue weighted by Crippen LogP contribution is 2.20. The first kappa shape index (κ1) is 17.3. The van der Waals surface area contributed by atoms with Gasteiger partial charge >= 0.3 is 0 Å². The zero-order valence-corrected chi connectivity index (χ0v) is 14.3. The Morgan fingerprint density at radius 1 is 1.16 bits per heavy atom. The average Bonchev–Trinajstić information content (AvgIpc) is 3.04. The summed E-state index contributed by atoms with van der Waals surface area (Å²) in [6, 6.07) is 7.91. The van der Waals surface area contributed by atoms with Crippen LogP contribution in [0.15, 0.2) is 40.9 Å². The minimum absolute atomic E-state index is 0.113. The van der Waals surface area contributed by atoms with Crippen LogP contribution in [0.1, 0.15) is 29.2 Å². The molecule has 3 rings (SSSR count). The van der Waals surface area contributed by atoms with Crippen LogP contribution in [0.3, 0.4) is 0 Å². The molecule has 6 nitrogen and oxygen atoms in total. The number of benzene rings is 1. The summed E-state index contributed by atoms with van der Waals surface area (Å²) in [5.74, 6) is -0.270. The van der Waals surface area contributed by atoms with Crippen LogP contribution in [-0.2, 0) is 0 Å². The summed E-state index contributed by atoms with van der Waals surface area (Å²) in [6.07, 6.45) is 0. The van der Waals surface area contributed by atoms with Crippen LogP contribution in [0.25, 0.3) is 11.4 Å². The van der Waals surface area contributed by atoms with Gasteiger partial charge in [0, 0.05) is 11.1 Å². The van der Waals surface area contributed by atoms with Gasteiger partial charge in [0.2, 0.25) is 11.7 Å². The van der Waals surface area contributed by atoms with E-state index in [2.05, 4.69) is 20.4 Å². The molecule has 0 aliphatic carbocycles. The zero-order chi connectivity index (χ0) is 18.0. The fourth-order valence-corrected chi connectivity index (χ4v) is 2.53. The van der Waals surface area contributed by atoms with Gasteiger partial charge in [0.25, 0.3) is 5.91 Å². The summed E-state index contributed by atoms with van der Waals surface area (Å²) in [5.41, 5.74) is 0.859. The maximum absolute atomic E-state index is 13.0. The van der Waals surface area contributed by atoms with Crippen molar-refractivity contribution in [1.29, 1.82) is 0 Å². The second-order valence-corrected chi connectivity index (χ2v) is 5.93. The molecular formula is C16H11Cl2FN4O2. The Morgan fingerprint density at radius 3 is 2.44 bits per heavy atom. The smallest absolute Gasteiger partial charge is 0.252 e. The molecule has 25 heavy (non-hydrogen) atoms. The summed E-state index contributed by atoms with van der Waals surface area (Å²) in [6.45, 7) is 1.68. The first-order chi connectivity index (χ1) is 11.9. The number of nitrogens with one attached hydrogen (secondary N) is 1. The van der Waals surface area contributed by atoms with Crippen LogP contribution < -0.4 is 5.32 Å². The molecule has 0 fully saturated rings. The third-order valence-electron chi connectivity index (χ3n) is 3.29. The number of rotatable bonds is 4. The largest absolute Gasteiger partial charge is 0.341 e. The van der Waals surface area contributed by atoms with Crippen molar-refractivity contribution in [2.75, 3.05) is 0 Å². The topological polar surface area (TPSA) is 80.9 Å². The van der Waals surface area contributed by atoms with Crippen LogP contribution in [0.5, 0.6) is 0 Å². The van der Waals surface area contributed by atoms with E-state index in [9.17, 15) is 9.18 Å². The van der Waals surface area contributed by atoms with Gasteiger partial charge in [0.05, 0.1) is 0 Å². The summed E-state index contributed by atoms with van der Waals surface area (Å²) in [7, 11) is 0. The van der Waals surface area contributed by atoms with Crippen LogP contribution in [0.4, 0.5) is 4.39 Å². The molecule has 0 aliphatic rings. The van der Waals surface area contributed by atoms with Gasteiger partial charge in [-0.2, -0.15) is 4.98 Å². The summed E-state index contributed by atoms with van der Waals surface area (Å²) < 4.78 is 18.1. The van der Waals surface area contributed by atoms with E-state index >= 15 is 0 Å². The Hall–Kier alpha value is -2.51. The Bertz CT molecular complexity index is 895. The van der Waals surface area contributed by atoms with Gasteiger partial charge < -0.3 is 9.84 Å². The lowest BCUT2D eigenvalue weighted by Gasteiger charge is -2.09. The first-order valence-corrected chi connectivity index (χ1v) is 7.91. The number of nitrogens with zero attached hydrogens (tertiary/aromatic N) is 3. The number of hydrogen-bond donors (Lipinski definition) is 1. The van der Waals surface area contributed by atoms with E-state index in [-0.39, 0.29) is 27.6 Å². The molecule has 3 aromatic rings. The van der Waals surface area contributed by atoms with Crippen molar-refractivity contribution in [3.05, 3.63) is 64.0 Å². The van der Waals surface area contributed by atoms with Crippen molar-refractivity contribution in [2.45, 2.75) is 13.0 Å². The Labute approximate surface area is 152 Å². The monoisotopic (exact) mass is 380 g/mol. The number of carbonyl (C=O) groups is 1. The molecule has 1 unspecified atom stereocenters. The lowest BCUT2D eigenvalue weighted by atomic mass is 10.2. The van der Waals surface area contributed by atoms with E-state index in [1.54, 1.807) is 6.92 Å². The third kappa shape index (κ3) is 4.12. The molecule has 128 valence electrons. The molecular weight excluding hydrogens is 370 g/mol. The molecule has 0 spiro atoms. The molecule has 1 aromatic carbocycles. The van der Waals surface area contributed by atoms with E-state index in [0.29, 0.717) is 11.4 Å². The third-order valence-corrected chi connectivity index (χ3v) is 3.67. The van der Waals surface area contributed by atoms with Crippen molar-refractivity contribution in [2.24, 2.45) is 0 Å². The van der Waals surface area contributed by atoms with Crippen molar-refractivity contribution in [1.82, 2.24) is 20.4 Å². The Balaban J connectivity index is 1.74. The molecule has 0 saturated carbocycles. The molecule has 1 atom stereocenters. The summed E-state index contributed by atoms with van der Waals surface area (Å²) in [5, 5.41) is 6.76. The Kier molecular flexibility index (Phi) is 4.96. The fourth-order valence-electron chi connectivity index (χ4n) is 2.06. The minimum Gasteiger partial charge on any atom is -0.341 e. The fraction of sp³-hybridized carbons (Fsp3) is 0.125. The van der Waals surface area contributed by atoms with E-state index in [1.165, 1.54) is 36.4 Å². The average molecular weight is 381 g/mol. The molecule has 1 N–H and O–H groups in total. The van der Waals surface area contributed by atoms with E-state index in [1.807, 2.05) is 0 Å². The van der Waals surface area contributed by atoms with Gasteiger partial charge in [0.15, 0.2) is 0 Å². The number of halogens is 3. The molecule has 2 aromatic heterocycles. The predicted molar refractivity (Wildman–Crippen MR) is 89.8 cm³/mol. The number of aromatic nitrogens is 3. The second-order valence-electron chi connectivity index (χ2n) is 5.16.